The molecular formula is C23H33NO2S. The number of hydrogen-bond acceptors (Lipinski definition) is 4. The molecule has 0 bridgehead atoms. The molecule has 27 heavy (non-hydrogen) atoms. The lowest BCUT2D eigenvalue weighted by molar-refractivity contribution is 0.0380. The summed E-state index contributed by atoms with van der Waals surface area (Å²) in [5, 5.41) is 1.93. The van der Waals surface area contributed by atoms with E-state index in [1.165, 1.54) is 13.0 Å². The number of ether oxygens (including phenoxy) is 1. The standard InChI is InChI=1S/C16H18OS.C7H15NO/c1-12(2)15(13(3)10-11-18-4)16(17)14-8-6-5-7-9-14;1-2-3-8-4-6-9-7-5-8/h5-11H,3H2,1-2,4H3;2-7H2,1H3/b11-10-;. The van der Waals surface area contributed by atoms with E-state index >= 15 is 0 Å². The van der Waals surface area contributed by atoms with Crippen LogP contribution < -0.4 is 0 Å². The molecule has 4 heteroatoms. The smallest absolute Gasteiger partial charge is 0.193 e. The Hall–Kier alpha value is -1.62. The lowest BCUT2D eigenvalue weighted by Gasteiger charge is -2.25. The average Bonchev–Trinajstić information content (AvgIpc) is 2.68. The van der Waals surface area contributed by atoms with Gasteiger partial charge in [0.25, 0.3) is 0 Å². The molecular weight excluding hydrogens is 354 g/mol. The first-order chi connectivity index (χ1) is 13.0. The molecule has 0 unspecified atom stereocenters. The van der Waals surface area contributed by atoms with Crippen molar-refractivity contribution >= 4 is 17.5 Å². The third kappa shape index (κ3) is 8.74. The van der Waals surface area contributed by atoms with Gasteiger partial charge in [0.15, 0.2) is 5.78 Å². The molecule has 2 rings (SSSR count). The lowest BCUT2D eigenvalue weighted by atomic mass is 9.94. The Morgan fingerprint density at radius 2 is 1.85 bits per heavy atom. The van der Waals surface area contributed by atoms with Crippen LogP contribution >= 0.6 is 11.8 Å². The summed E-state index contributed by atoms with van der Waals surface area (Å²) >= 11 is 1.59. The van der Waals surface area contributed by atoms with Crippen molar-refractivity contribution in [2.75, 3.05) is 39.1 Å². The van der Waals surface area contributed by atoms with E-state index in [9.17, 15) is 4.79 Å². The van der Waals surface area contributed by atoms with Crippen LogP contribution in [0.5, 0.6) is 0 Å². The van der Waals surface area contributed by atoms with Crippen LogP contribution in [-0.2, 0) is 4.74 Å². The predicted molar refractivity (Wildman–Crippen MR) is 118 cm³/mol. The minimum absolute atomic E-state index is 0.0337. The topological polar surface area (TPSA) is 29.5 Å². The van der Waals surface area contributed by atoms with Crippen LogP contribution in [0.3, 0.4) is 0 Å². The number of carbonyl (C=O) groups is 1. The van der Waals surface area contributed by atoms with Crippen molar-refractivity contribution in [1.29, 1.82) is 0 Å². The van der Waals surface area contributed by atoms with Crippen LogP contribution in [0.2, 0.25) is 0 Å². The summed E-state index contributed by atoms with van der Waals surface area (Å²) in [5.41, 5.74) is 3.15. The maximum absolute atomic E-state index is 12.4. The molecule has 0 aliphatic carbocycles. The highest BCUT2D eigenvalue weighted by molar-refractivity contribution is 8.01. The molecule has 0 saturated carbocycles. The summed E-state index contributed by atoms with van der Waals surface area (Å²) in [6.45, 7) is 15.4. The Balaban J connectivity index is 0.000000337. The maximum Gasteiger partial charge on any atom is 0.193 e. The van der Waals surface area contributed by atoms with E-state index in [0.717, 1.165) is 37.4 Å². The third-order valence-corrected chi connectivity index (χ3v) is 4.54. The Bertz CT molecular complexity index is 637. The average molecular weight is 388 g/mol. The Morgan fingerprint density at radius 1 is 1.22 bits per heavy atom. The number of benzene rings is 1. The highest BCUT2D eigenvalue weighted by atomic mass is 32.2. The van der Waals surface area contributed by atoms with Crippen molar-refractivity contribution in [2.24, 2.45) is 0 Å². The van der Waals surface area contributed by atoms with E-state index < -0.39 is 0 Å². The quantitative estimate of drug-likeness (QED) is 0.357. The summed E-state index contributed by atoms with van der Waals surface area (Å²) in [5.74, 6) is 0.0337. The summed E-state index contributed by atoms with van der Waals surface area (Å²) in [6.07, 6.45) is 5.12. The number of hydrogen-bond donors (Lipinski definition) is 0. The van der Waals surface area contributed by atoms with Gasteiger partial charge in [-0.1, -0.05) is 49.4 Å². The zero-order valence-corrected chi connectivity index (χ0v) is 18.0. The predicted octanol–water partition coefficient (Wildman–Crippen LogP) is 5.37. The van der Waals surface area contributed by atoms with Gasteiger partial charge >= 0.3 is 0 Å². The molecule has 1 heterocycles. The van der Waals surface area contributed by atoms with Crippen molar-refractivity contribution in [1.82, 2.24) is 4.90 Å². The van der Waals surface area contributed by atoms with Gasteiger partial charge in [-0.3, -0.25) is 9.69 Å². The number of allylic oxidation sites excluding steroid dienone is 4. The molecule has 0 N–H and O–H groups in total. The normalized spacial score (nSPS) is 14.4. The van der Waals surface area contributed by atoms with Gasteiger partial charge in [-0.25, -0.2) is 0 Å². The lowest BCUT2D eigenvalue weighted by Crippen LogP contribution is -2.36. The van der Waals surface area contributed by atoms with Crippen LogP contribution in [0.25, 0.3) is 0 Å². The van der Waals surface area contributed by atoms with Gasteiger partial charge in [-0.05, 0) is 50.1 Å². The van der Waals surface area contributed by atoms with Gasteiger partial charge < -0.3 is 4.74 Å². The van der Waals surface area contributed by atoms with Crippen LogP contribution in [0.4, 0.5) is 0 Å². The summed E-state index contributed by atoms with van der Waals surface area (Å²) in [7, 11) is 0. The molecule has 0 atom stereocenters. The van der Waals surface area contributed by atoms with E-state index in [2.05, 4.69) is 18.4 Å². The number of ketones is 1. The number of morpholine rings is 1. The molecule has 1 aromatic rings. The van der Waals surface area contributed by atoms with E-state index in [1.54, 1.807) is 11.8 Å². The fraction of sp³-hybridized carbons (Fsp3) is 0.435. The minimum atomic E-state index is 0.0337. The van der Waals surface area contributed by atoms with Crippen molar-refractivity contribution in [3.8, 4) is 0 Å². The molecule has 0 spiro atoms. The molecule has 3 nitrogen and oxygen atoms in total. The molecule has 1 aliphatic heterocycles. The molecule has 1 aliphatic rings. The van der Waals surface area contributed by atoms with Crippen LogP contribution in [0.15, 0.2) is 65.1 Å². The van der Waals surface area contributed by atoms with E-state index in [1.807, 2.05) is 61.9 Å². The van der Waals surface area contributed by atoms with Gasteiger partial charge in [0.1, 0.15) is 0 Å². The van der Waals surface area contributed by atoms with Crippen molar-refractivity contribution in [3.05, 3.63) is 70.7 Å². The van der Waals surface area contributed by atoms with Crippen molar-refractivity contribution in [3.63, 3.8) is 0 Å². The van der Waals surface area contributed by atoms with E-state index in [-0.39, 0.29) is 5.78 Å². The molecule has 1 fully saturated rings. The first-order valence-corrected chi connectivity index (χ1v) is 10.8. The highest BCUT2D eigenvalue weighted by Gasteiger charge is 2.14. The molecule has 0 radical (unpaired) electrons. The van der Waals surface area contributed by atoms with Crippen molar-refractivity contribution < 1.29 is 9.53 Å². The molecule has 1 saturated heterocycles. The number of carbonyl (C=O) groups excluding carboxylic acids is 1. The second kappa shape index (κ2) is 13.5. The summed E-state index contributed by atoms with van der Waals surface area (Å²) < 4.78 is 5.20. The van der Waals surface area contributed by atoms with Crippen molar-refractivity contribution in [2.45, 2.75) is 27.2 Å². The van der Waals surface area contributed by atoms with Gasteiger partial charge in [0.2, 0.25) is 0 Å². The SMILES string of the molecule is C=C(/C=C\SC)C(C(=O)c1ccccc1)=C(C)C.CCCN1CCOCC1. The summed E-state index contributed by atoms with van der Waals surface area (Å²) in [4.78, 5) is 14.9. The second-order valence-electron chi connectivity index (χ2n) is 6.59. The zero-order valence-electron chi connectivity index (χ0n) is 17.2. The first-order valence-electron chi connectivity index (χ1n) is 9.47. The minimum Gasteiger partial charge on any atom is -0.379 e. The largest absolute Gasteiger partial charge is 0.379 e. The van der Waals surface area contributed by atoms with Gasteiger partial charge in [0.05, 0.1) is 13.2 Å². The molecule has 148 valence electrons. The van der Waals surface area contributed by atoms with Gasteiger partial charge in [0, 0.05) is 24.2 Å². The maximum atomic E-state index is 12.4. The zero-order chi connectivity index (χ0) is 20.1. The Morgan fingerprint density at radius 3 is 2.37 bits per heavy atom. The third-order valence-electron chi connectivity index (χ3n) is 4.13. The molecule has 0 amide bonds. The fourth-order valence-corrected chi connectivity index (χ4v) is 3.10. The Kier molecular flexibility index (Phi) is 11.7. The molecule has 1 aromatic carbocycles. The highest BCUT2D eigenvalue weighted by Crippen LogP contribution is 2.20. The number of rotatable bonds is 7. The van der Waals surface area contributed by atoms with Crippen LogP contribution in [0, 0.1) is 0 Å². The van der Waals surface area contributed by atoms with Gasteiger partial charge in [-0.2, -0.15) is 0 Å². The summed E-state index contributed by atoms with van der Waals surface area (Å²) in [6, 6.07) is 9.31. The Labute approximate surface area is 169 Å². The monoisotopic (exact) mass is 387 g/mol. The van der Waals surface area contributed by atoms with Crippen LogP contribution in [0.1, 0.15) is 37.6 Å². The first kappa shape index (κ1) is 23.4. The van der Waals surface area contributed by atoms with Gasteiger partial charge in [-0.15, -0.1) is 11.8 Å². The van der Waals surface area contributed by atoms with E-state index in [0.29, 0.717) is 11.1 Å². The molecule has 0 aromatic heterocycles. The second-order valence-corrected chi connectivity index (χ2v) is 7.33. The van der Waals surface area contributed by atoms with Crippen LogP contribution in [-0.4, -0.2) is 49.8 Å². The number of thioether (sulfide) groups is 1. The number of Topliss-reactive ketones (excluding diaryl/α,β-unsaturated/α-hetero) is 1. The van der Waals surface area contributed by atoms with E-state index in [4.69, 9.17) is 4.74 Å². The number of nitrogens with zero attached hydrogens (tertiary/aromatic N) is 1. The fourth-order valence-electron chi connectivity index (χ4n) is 2.80.